The second-order valence-electron chi connectivity index (χ2n) is 7.40. The summed E-state index contributed by atoms with van der Waals surface area (Å²) >= 11 is 0. The molecule has 0 aromatic heterocycles. The zero-order chi connectivity index (χ0) is 14.5. The van der Waals surface area contributed by atoms with Crippen LogP contribution in [0.4, 0.5) is 0 Å². The topological polar surface area (TPSA) is 67.6 Å². The molecule has 1 aliphatic carbocycles. The van der Waals surface area contributed by atoms with Crippen LogP contribution in [-0.4, -0.2) is 55.7 Å². The molecule has 2 aliphatic heterocycles. The molecular formula is C15H27N3O2. The van der Waals surface area contributed by atoms with Gasteiger partial charge in [0.2, 0.25) is 5.91 Å². The van der Waals surface area contributed by atoms with Crippen LogP contribution in [0.1, 0.15) is 26.7 Å². The summed E-state index contributed by atoms with van der Waals surface area (Å²) in [5, 5.41) is 3.11. The van der Waals surface area contributed by atoms with Gasteiger partial charge in [-0.2, -0.15) is 0 Å². The lowest BCUT2D eigenvalue weighted by molar-refractivity contribution is -0.175. The van der Waals surface area contributed by atoms with E-state index in [2.05, 4.69) is 31.1 Å². The Hall–Kier alpha value is -0.650. The van der Waals surface area contributed by atoms with Crippen molar-refractivity contribution in [2.45, 2.75) is 38.3 Å². The van der Waals surface area contributed by atoms with Crippen molar-refractivity contribution in [2.75, 3.05) is 33.3 Å². The third-order valence-electron chi connectivity index (χ3n) is 5.87. The second-order valence-corrected chi connectivity index (χ2v) is 7.40. The summed E-state index contributed by atoms with van der Waals surface area (Å²) in [6.07, 6.45) is 2.22. The largest absolute Gasteiger partial charge is 0.377 e. The van der Waals surface area contributed by atoms with Gasteiger partial charge in [0.25, 0.3) is 0 Å². The number of hydrogen-bond acceptors (Lipinski definition) is 4. The first-order valence-corrected chi connectivity index (χ1v) is 7.74. The van der Waals surface area contributed by atoms with Gasteiger partial charge in [0.05, 0.1) is 6.10 Å². The van der Waals surface area contributed by atoms with Crippen molar-refractivity contribution in [1.29, 1.82) is 0 Å². The fraction of sp³-hybridized carbons (Fsp3) is 0.933. The van der Waals surface area contributed by atoms with Gasteiger partial charge in [0.15, 0.2) is 0 Å². The number of nitrogens with one attached hydrogen (secondary N) is 1. The normalized spacial score (nSPS) is 43.1. The summed E-state index contributed by atoms with van der Waals surface area (Å²) in [6, 6.07) is 0. The molecule has 3 aliphatic rings. The van der Waals surface area contributed by atoms with Crippen molar-refractivity contribution in [1.82, 2.24) is 10.2 Å². The van der Waals surface area contributed by atoms with Gasteiger partial charge in [-0.05, 0) is 32.4 Å². The number of likely N-dealkylation sites (tertiary alicyclic amines) is 1. The Morgan fingerprint density at radius 3 is 2.85 bits per heavy atom. The Morgan fingerprint density at radius 1 is 1.45 bits per heavy atom. The maximum Gasteiger partial charge on any atom is 0.241 e. The lowest BCUT2D eigenvalue weighted by Gasteiger charge is -2.60. The highest BCUT2D eigenvalue weighted by Gasteiger charge is 2.71. The van der Waals surface area contributed by atoms with Crippen LogP contribution in [0, 0.1) is 17.3 Å². The van der Waals surface area contributed by atoms with Crippen LogP contribution < -0.4 is 11.1 Å². The van der Waals surface area contributed by atoms with E-state index >= 15 is 0 Å². The van der Waals surface area contributed by atoms with E-state index < -0.39 is 5.54 Å². The number of hydrogen-bond donors (Lipinski definition) is 2. The fourth-order valence-corrected chi connectivity index (χ4v) is 4.42. The molecule has 4 unspecified atom stereocenters. The summed E-state index contributed by atoms with van der Waals surface area (Å²) in [5.41, 5.74) is 5.48. The zero-order valence-electron chi connectivity index (χ0n) is 12.8. The number of nitrogens with two attached hydrogens (primary N) is 1. The number of carbonyl (C=O) groups is 1. The van der Waals surface area contributed by atoms with E-state index in [9.17, 15) is 4.79 Å². The number of nitrogens with zero attached hydrogens (tertiary/aromatic N) is 1. The van der Waals surface area contributed by atoms with Crippen molar-refractivity contribution in [3.8, 4) is 0 Å². The van der Waals surface area contributed by atoms with Crippen LogP contribution in [0.15, 0.2) is 0 Å². The lowest BCUT2D eigenvalue weighted by atomic mass is 9.48. The fourth-order valence-electron chi connectivity index (χ4n) is 4.42. The third kappa shape index (κ3) is 1.83. The van der Waals surface area contributed by atoms with Crippen LogP contribution in [0.3, 0.4) is 0 Å². The third-order valence-corrected chi connectivity index (χ3v) is 5.87. The minimum Gasteiger partial charge on any atom is -0.377 e. The van der Waals surface area contributed by atoms with Gasteiger partial charge in [0, 0.05) is 31.0 Å². The predicted molar refractivity (Wildman–Crippen MR) is 77.2 cm³/mol. The van der Waals surface area contributed by atoms with Crippen molar-refractivity contribution >= 4 is 5.91 Å². The standard InChI is InChI=1S/C15H27N3O2/c1-14(2)12-11(5-7-20-12)15(14,16)13(19)17-8-10-4-6-18(3)9-10/h10-12H,4-9,16H2,1-3H3,(H,17,19). The number of rotatable bonds is 3. The van der Waals surface area contributed by atoms with Crippen molar-refractivity contribution < 1.29 is 9.53 Å². The highest BCUT2D eigenvalue weighted by molar-refractivity contribution is 5.89. The second kappa shape index (κ2) is 4.68. The van der Waals surface area contributed by atoms with Gasteiger partial charge < -0.3 is 20.7 Å². The summed E-state index contributed by atoms with van der Waals surface area (Å²) in [5.74, 6) is 0.763. The van der Waals surface area contributed by atoms with E-state index in [1.54, 1.807) is 0 Å². The van der Waals surface area contributed by atoms with E-state index in [0.717, 1.165) is 39.1 Å². The van der Waals surface area contributed by atoms with Crippen molar-refractivity contribution in [3.05, 3.63) is 0 Å². The lowest BCUT2D eigenvalue weighted by Crippen LogP contribution is -2.80. The van der Waals surface area contributed by atoms with Crippen molar-refractivity contribution in [2.24, 2.45) is 23.0 Å². The first-order valence-electron chi connectivity index (χ1n) is 7.74. The number of amides is 1. The molecule has 2 saturated heterocycles. The molecule has 1 saturated carbocycles. The molecule has 4 atom stereocenters. The molecule has 2 heterocycles. The Balaban J connectivity index is 1.61. The molecule has 3 rings (SSSR count). The molecule has 20 heavy (non-hydrogen) atoms. The van der Waals surface area contributed by atoms with Crippen molar-refractivity contribution in [3.63, 3.8) is 0 Å². The summed E-state index contributed by atoms with van der Waals surface area (Å²) < 4.78 is 5.74. The van der Waals surface area contributed by atoms with Gasteiger partial charge in [-0.15, -0.1) is 0 Å². The molecule has 5 nitrogen and oxygen atoms in total. The van der Waals surface area contributed by atoms with Crippen LogP contribution in [0.2, 0.25) is 0 Å². The summed E-state index contributed by atoms with van der Waals surface area (Å²) in [4.78, 5) is 14.9. The molecule has 5 heteroatoms. The average Bonchev–Trinajstić information content (AvgIpc) is 3.02. The molecule has 0 spiro atoms. The monoisotopic (exact) mass is 281 g/mol. The molecular weight excluding hydrogens is 254 g/mol. The van der Waals surface area contributed by atoms with Gasteiger partial charge in [0.1, 0.15) is 5.54 Å². The first-order chi connectivity index (χ1) is 9.37. The Labute approximate surface area is 121 Å². The van der Waals surface area contributed by atoms with Crippen LogP contribution in [-0.2, 0) is 9.53 Å². The molecule has 3 N–H and O–H groups in total. The van der Waals surface area contributed by atoms with Crippen LogP contribution >= 0.6 is 0 Å². The maximum atomic E-state index is 12.6. The number of fused-ring (bicyclic) bond motifs is 1. The molecule has 0 aromatic rings. The van der Waals surface area contributed by atoms with E-state index in [-0.39, 0.29) is 23.3 Å². The van der Waals surface area contributed by atoms with E-state index in [1.165, 1.54) is 0 Å². The number of carbonyl (C=O) groups excluding carboxylic acids is 1. The van der Waals surface area contributed by atoms with Gasteiger partial charge in [-0.1, -0.05) is 13.8 Å². The summed E-state index contributed by atoms with van der Waals surface area (Å²) in [6.45, 7) is 7.79. The highest BCUT2D eigenvalue weighted by atomic mass is 16.5. The smallest absolute Gasteiger partial charge is 0.241 e. The molecule has 0 aromatic carbocycles. The molecule has 0 radical (unpaired) electrons. The van der Waals surface area contributed by atoms with E-state index in [4.69, 9.17) is 10.5 Å². The SMILES string of the molecule is CN1CCC(CNC(=O)C2(N)C3CCOC3C2(C)C)C1. The Kier molecular flexibility index (Phi) is 3.35. The van der Waals surface area contributed by atoms with Gasteiger partial charge in [-0.3, -0.25) is 4.79 Å². The van der Waals surface area contributed by atoms with Crippen LogP contribution in [0.5, 0.6) is 0 Å². The average molecular weight is 281 g/mol. The number of ether oxygens (including phenoxy) is 1. The summed E-state index contributed by atoms with van der Waals surface area (Å²) in [7, 11) is 2.13. The van der Waals surface area contributed by atoms with E-state index in [1.807, 2.05) is 0 Å². The Bertz CT molecular complexity index is 412. The predicted octanol–water partition coefficient (Wildman–Crippen LogP) is 0.197. The molecule has 114 valence electrons. The van der Waals surface area contributed by atoms with Gasteiger partial charge >= 0.3 is 0 Å². The van der Waals surface area contributed by atoms with Gasteiger partial charge in [-0.25, -0.2) is 0 Å². The van der Waals surface area contributed by atoms with E-state index in [0.29, 0.717) is 5.92 Å². The highest BCUT2D eigenvalue weighted by Crippen LogP contribution is 2.58. The molecule has 0 bridgehead atoms. The minimum atomic E-state index is -0.765. The minimum absolute atomic E-state index is 0.0174. The zero-order valence-corrected chi connectivity index (χ0v) is 12.8. The molecule has 3 fully saturated rings. The quantitative estimate of drug-likeness (QED) is 0.775. The first kappa shape index (κ1) is 14.3. The maximum absolute atomic E-state index is 12.6. The molecule has 1 amide bonds. The van der Waals surface area contributed by atoms with Crippen LogP contribution in [0.25, 0.3) is 0 Å². The Morgan fingerprint density at radius 2 is 2.20 bits per heavy atom.